The third-order valence-electron chi connectivity index (χ3n) is 3.30. The highest BCUT2D eigenvalue weighted by Gasteiger charge is 2.15. The van der Waals surface area contributed by atoms with Crippen molar-refractivity contribution in [3.8, 4) is 0 Å². The quantitative estimate of drug-likeness (QED) is 0.641. The standard InChI is InChI=1S/C16H14ClN3O4/c1-18-15(21)11-4-2-10(3-5-11)9-19-16(22)13-8-12(20(23)24)6-7-14(13)17/h2-8H,9H2,1H3,(H,18,21)(H,19,22). The number of carbonyl (C=O) groups is 2. The maximum atomic E-state index is 12.2. The molecule has 2 N–H and O–H groups in total. The van der Waals surface area contributed by atoms with E-state index in [9.17, 15) is 19.7 Å². The number of hydrogen-bond acceptors (Lipinski definition) is 4. The van der Waals surface area contributed by atoms with E-state index in [0.29, 0.717) is 5.56 Å². The maximum Gasteiger partial charge on any atom is 0.270 e. The molecule has 8 heteroatoms. The van der Waals surface area contributed by atoms with Crippen molar-refractivity contribution in [2.24, 2.45) is 0 Å². The fourth-order valence-corrected chi connectivity index (χ4v) is 2.20. The molecule has 2 aromatic carbocycles. The van der Waals surface area contributed by atoms with Crippen molar-refractivity contribution in [1.82, 2.24) is 10.6 Å². The molecular formula is C16H14ClN3O4. The van der Waals surface area contributed by atoms with E-state index >= 15 is 0 Å². The van der Waals surface area contributed by atoms with Gasteiger partial charge in [0.15, 0.2) is 0 Å². The topological polar surface area (TPSA) is 101 Å². The first-order valence-corrected chi connectivity index (χ1v) is 7.33. The number of non-ortho nitro benzene ring substituents is 1. The first-order chi connectivity index (χ1) is 11.4. The van der Waals surface area contributed by atoms with E-state index in [1.807, 2.05) is 0 Å². The molecule has 0 saturated carbocycles. The molecule has 0 aliphatic carbocycles. The molecule has 7 nitrogen and oxygen atoms in total. The van der Waals surface area contributed by atoms with E-state index in [0.717, 1.165) is 11.6 Å². The van der Waals surface area contributed by atoms with Gasteiger partial charge in [-0.25, -0.2) is 0 Å². The Morgan fingerprint density at radius 2 is 1.79 bits per heavy atom. The van der Waals surface area contributed by atoms with Crippen LogP contribution in [0.15, 0.2) is 42.5 Å². The maximum absolute atomic E-state index is 12.2. The van der Waals surface area contributed by atoms with Crippen LogP contribution < -0.4 is 10.6 Å². The number of carbonyl (C=O) groups excluding carboxylic acids is 2. The fraction of sp³-hybridized carbons (Fsp3) is 0.125. The molecule has 0 fully saturated rings. The van der Waals surface area contributed by atoms with Gasteiger partial charge in [-0.1, -0.05) is 23.7 Å². The lowest BCUT2D eigenvalue weighted by Gasteiger charge is -2.07. The Kier molecular flexibility index (Phi) is 5.49. The summed E-state index contributed by atoms with van der Waals surface area (Å²) in [5, 5.41) is 16.1. The first-order valence-electron chi connectivity index (χ1n) is 6.95. The first kappa shape index (κ1) is 17.4. The second kappa shape index (κ2) is 7.56. The summed E-state index contributed by atoms with van der Waals surface area (Å²) in [5.41, 5.74) is 1.11. The summed E-state index contributed by atoms with van der Waals surface area (Å²) in [7, 11) is 1.54. The summed E-state index contributed by atoms with van der Waals surface area (Å²) in [6, 6.07) is 10.4. The highest BCUT2D eigenvalue weighted by Crippen LogP contribution is 2.22. The zero-order valence-corrected chi connectivity index (χ0v) is 13.5. The minimum absolute atomic E-state index is 0.0350. The van der Waals surface area contributed by atoms with Crippen LogP contribution in [0, 0.1) is 10.1 Å². The second-order valence-corrected chi connectivity index (χ2v) is 5.29. The number of nitro benzene ring substituents is 1. The van der Waals surface area contributed by atoms with Gasteiger partial charge in [-0.3, -0.25) is 19.7 Å². The molecule has 0 radical (unpaired) electrons. The summed E-state index contributed by atoms with van der Waals surface area (Å²) in [5.74, 6) is -0.715. The molecule has 0 aliphatic rings. The van der Waals surface area contributed by atoms with Crippen LogP contribution in [0.5, 0.6) is 0 Å². The molecule has 124 valence electrons. The van der Waals surface area contributed by atoms with Gasteiger partial charge in [0.25, 0.3) is 17.5 Å². The van der Waals surface area contributed by atoms with Gasteiger partial charge in [0, 0.05) is 31.3 Å². The smallest absolute Gasteiger partial charge is 0.270 e. The van der Waals surface area contributed by atoms with Crippen LogP contribution in [0.25, 0.3) is 0 Å². The highest BCUT2D eigenvalue weighted by molar-refractivity contribution is 6.33. The zero-order valence-electron chi connectivity index (χ0n) is 12.7. The molecule has 0 spiro atoms. The SMILES string of the molecule is CNC(=O)c1ccc(CNC(=O)c2cc([N+](=O)[O-])ccc2Cl)cc1. The Labute approximate surface area is 142 Å². The van der Waals surface area contributed by atoms with Crippen LogP contribution in [0.4, 0.5) is 5.69 Å². The van der Waals surface area contributed by atoms with Gasteiger partial charge in [0.1, 0.15) is 0 Å². The van der Waals surface area contributed by atoms with Gasteiger partial charge >= 0.3 is 0 Å². The summed E-state index contributed by atoms with van der Waals surface area (Å²) < 4.78 is 0. The lowest BCUT2D eigenvalue weighted by atomic mass is 10.1. The lowest BCUT2D eigenvalue weighted by Crippen LogP contribution is -2.23. The second-order valence-electron chi connectivity index (χ2n) is 4.88. The number of rotatable bonds is 5. The Bertz CT molecular complexity index is 790. The van der Waals surface area contributed by atoms with Gasteiger partial charge < -0.3 is 10.6 Å². The van der Waals surface area contributed by atoms with Gasteiger partial charge in [-0.05, 0) is 23.8 Å². The predicted octanol–water partition coefficient (Wildman–Crippen LogP) is 2.54. The van der Waals surface area contributed by atoms with E-state index in [2.05, 4.69) is 10.6 Å². The van der Waals surface area contributed by atoms with Crippen LogP contribution in [-0.4, -0.2) is 23.8 Å². The summed E-state index contributed by atoms with van der Waals surface area (Å²) in [6.07, 6.45) is 0. The molecule has 0 unspecified atom stereocenters. The van der Waals surface area contributed by atoms with E-state index in [1.165, 1.54) is 12.1 Å². The van der Waals surface area contributed by atoms with Crippen molar-refractivity contribution in [3.05, 3.63) is 74.3 Å². The molecule has 0 aliphatic heterocycles. The Morgan fingerprint density at radius 3 is 2.38 bits per heavy atom. The molecule has 2 aromatic rings. The third kappa shape index (κ3) is 4.08. The lowest BCUT2D eigenvalue weighted by molar-refractivity contribution is -0.384. The van der Waals surface area contributed by atoms with E-state index < -0.39 is 10.8 Å². The van der Waals surface area contributed by atoms with Crippen molar-refractivity contribution in [3.63, 3.8) is 0 Å². The van der Waals surface area contributed by atoms with Crippen molar-refractivity contribution >= 4 is 29.1 Å². The van der Waals surface area contributed by atoms with E-state index in [1.54, 1.807) is 31.3 Å². The minimum Gasteiger partial charge on any atom is -0.355 e. The van der Waals surface area contributed by atoms with Crippen LogP contribution >= 0.6 is 11.6 Å². The van der Waals surface area contributed by atoms with Gasteiger partial charge in [0.2, 0.25) is 0 Å². The predicted molar refractivity (Wildman–Crippen MR) is 89.1 cm³/mol. The van der Waals surface area contributed by atoms with Gasteiger partial charge in [0.05, 0.1) is 15.5 Å². The van der Waals surface area contributed by atoms with Crippen LogP contribution in [0.2, 0.25) is 5.02 Å². The van der Waals surface area contributed by atoms with Gasteiger partial charge in [-0.2, -0.15) is 0 Å². The van der Waals surface area contributed by atoms with Crippen LogP contribution in [0.3, 0.4) is 0 Å². The molecule has 0 saturated heterocycles. The molecule has 0 heterocycles. The van der Waals surface area contributed by atoms with Crippen LogP contribution in [-0.2, 0) is 6.54 Å². The molecule has 2 amide bonds. The number of benzene rings is 2. The number of nitro groups is 1. The molecular weight excluding hydrogens is 334 g/mol. The monoisotopic (exact) mass is 347 g/mol. The molecule has 2 rings (SSSR count). The van der Waals surface area contributed by atoms with Crippen molar-refractivity contribution in [2.45, 2.75) is 6.54 Å². The summed E-state index contributed by atoms with van der Waals surface area (Å²) >= 11 is 5.92. The number of nitrogens with zero attached hydrogens (tertiary/aromatic N) is 1. The average Bonchev–Trinajstić information content (AvgIpc) is 2.59. The van der Waals surface area contributed by atoms with E-state index in [4.69, 9.17) is 11.6 Å². The van der Waals surface area contributed by atoms with E-state index in [-0.39, 0.29) is 28.7 Å². The number of halogens is 1. The zero-order chi connectivity index (χ0) is 17.7. The van der Waals surface area contributed by atoms with Crippen molar-refractivity contribution in [2.75, 3.05) is 7.05 Å². The number of nitrogens with one attached hydrogen (secondary N) is 2. The molecule has 0 atom stereocenters. The highest BCUT2D eigenvalue weighted by atomic mass is 35.5. The largest absolute Gasteiger partial charge is 0.355 e. The Hall–Kier alpha value is -2.93. The Morgan fingerprint density at radius 1 is 1.12 bits per heavy atom. The fourth-order valence-electron chi connectivity index (χ4n) is 2.00. The van der Waals surface area contributed by atoms with Crippen molar-refractivity contribution in [1.29, 1.82) is 0 Å². The average molecular weight is 348 g/mol. The normalized spacial score (nSPS) is 10.1. The number of hydrogen-bond donors (Lipinski definition) is 2. The van der Waals surface area contributed by atoms with Gasteiger partial charge in [-0.15, -0.1) is 0 Å². The molecule has 0 aromatic heterocycles. The van der Waals surface area contributed by atoms with Crippen LogP contribution in [0.1, 0.15) is 26.3 Å². The third-order valence-corrected chi connectivity index (χ3v) is 3.63. The summed E-state index contributed by atoms with van der Waals surface area (Å²) in [4.78, 5) is 33.8. The number of amides is 2. The van der Waals surface area contributed by atoms with Crippen molar-refractivity contribution < 1.29 is 14.5 Å². The Balaban J connectivity index is 2.07. The molecule has 0 bridgehead atoms. The summed E-state index contributed by atoms with van der Waals surface area (Å²) in [6.45, 7) is 0.200. The molecule has 24 heavy (non-hydrogen) atoms. The minimum atomic E-state index is -0.593.